The Bertz CT molecular complexity index is 615. The third-order valence-electron chi connectivity index (χ3n) is 2.37. The molecular weight excluding hydrogens is 238 g/mol. The number of Topliss-reactive ketones (excluding diaryl/α,β-unsaturated/α-hetero) is 1. The van der Waals surface area contributed by atoms with Gasteiger partial charge in [0.25, 0.3) is 11.8 Å². The lowest BCUT2D eigenvalue weighted by Crippen LogP contribution is -2.24. The van der Waals surface area contributed by atoms with Gasteiger partial charge < -0.3 is 5.11 Å². The molecule has 0 atom stereocenters. The standard InChI is InChI=1S/C12H7NO5/c14-9-5-8(11(16)13-9)10(15)6-2-1-3-7(4-6)12(17)18/h1-5H,(H,17,18)(H,13,14,16). The normalized spacial score (nSPS) is 14.1. The summed E-state index contributed by atoms with van der Waals surface area (Å²) in [4.78, 5) is 44.9. The second-order valence-corrected chi connectivity index (χ2v) is 3.59. The summed E-state index contributed by atoms with van der Waals surface area (Å²) in [5.74, 6) is -3.28. The number of rotatable bonds is 3. The van der Waals surface area contributed by atoms with E-state index in [-0.39, 0.29) is 16.7 Å². The molecule has 6 heteroatoms. The molecule has 1 aromatic carbocycles. The molecule has 90 valence electrons. The fourth-order valence-electron chi connectivity index (χ4n) is 1.53. The number of carbonyl (C=O) groups excluding carboxylic acids is 3. The van der Waals surface area contributed by atoms with Crippen LogP contribution in [0.2, 0.25) is 0 Å². The first-order valence-corrected chi connectivity index (χ1v) is 4.94. The number of hydrogen-bond acceptors (Lipinski definition) is 4. The van der Waals surface area contributed by atoms with Gasteiger partial charge in [-0.2, -0.15) is 0 Å². The van der Waals surface area contributed by atoms with Crippen LogP contribution in [0.5, 0.6) is 0 Å². The molecule has 2 N–H and O–H groups in total. The number of carboxylic acid groups (broad SMARTS) is 1. The van der Waals surface area contributed by atoms with Crippen molar-refractivity contribution in [1.82, 2.24) is 5.32 Å². The molecule has 0 fully saturated rings. The molecular formula is C12H7NO5. The number of aromatic carboxylic acids is 1. The van der Waals surface area contributed by atoms with E-state index < -0.39 is 23.6 Å². The van der Waals surface area contributed by atoms with Crippen LogP contribution in [0, 0.1) is 0 Å². The maximum Gasteiger partial charge on any atom is 0.335 e. The summed E-state index contributed by atoms with van der Waals surface area (Å²) in [7, 11) is 0. The van der Waals surface area contributed by atoms with Gasteiger partial charge in [-0.15, -0.1) is 0 Å². The fraction of sp³-hybridized carbons (Fsp3) is 0. The Kier molecular flexibility index (Phi) is 2.77. The summed E-state index contributed by atoms with van der Waals surface area (Å²) >= 11 is 0. The molecule has 0 radical (unpaired) electrons. The number of carboxylic acids is 1. The summed E-state index contributed by atoms with van der Waals surface area (Å²) in [6, 6.07) is 5.26. The Morgan fingerprint density at radius 2 is 1.78 bits per heavy atom. The summed E-state index contributed by atoms with van der Waals surface area (Å²) in [6.07, 6.45) is 0.901. The Labute approximate surface area is 101 Å². The average Bonchev–Trinajstić information content (AvgIpc) is 2.67. The molecule has 2 amide bonds. The van der Waals surface area contributed by atoms with Crippen LogP contribution < -0.4 is 5.32 Å². The minimum atomic E-state index is -1.18. The number of carbonyl (C=O) groups is 4. The van der Waals surface area contributed by atoms with Crippen LogP contribution >= 0.6 is 0 Å². The first-order valence-electron chi connectivity index (χ1n) is 4.94. The highest BCUT2D eigenvalue weighted by atomic mass is 16.4. The summed E-state index contributed by atoms with van der Waals surface area (Å²) in [6.45, 7) is 0. The second kappa shape index (κ2) is 4.25. The van der Waals surface area contributed by atoms with Crippen LogP contribution in [-0.2, 0) is 9.59 Å². The number of imide groups is 1. The van der Waals surface area contributed by atoms with E-state index in [4.69, 9.17) is 5.11 Å². The Morgan fingerprint density at radius 1 is 1.11 bits per heavy atom. The van der Waals surface area contributed by atoms with Crippen molar-refractivity contribution in [2.75, 3.05) is 0 Å². The molecule has 1 aliphatic heterocycles. The molecule has 0 spiro atoms. The molecule has 0 aliphatic carbocycles. The number of amides is 2. The lowest BCUT2D eigenvalue weighted by molar-refractivity contribution is -0.123. The van der Waals surface area contributed by atoms with Crippen molar-refractivity contribution in [2.45, 2.75) is 0 Å². The summed E-state index contributed by atoms with van der Waals surface area (Å²) in [5.41, 5.74) is -0.306. The maximum atomic E-state index is 11.9. The molecule has 1 aliphatic rings. The van der Waals surface area contributed by atoms with Gasteiger partial charge in [-0.05, 0) is 12.1 Å². The van der Waals surface area contributed by atoms with Crippen molar-refractivity contribution >= 4 is 23.6 Å². The zero-order valence-corrected chi connectivity index (χ0v) is 8.97. The Balaban J connectivity index is 2.38. The molecule has 0 bridgehead atoms. The Hall–Kier alpha value is -2.76. The van der Waals surface area contributed by atoms with Gasteiger partial charge in [0.2, 0.25) is 0 Å². The second-order valence-electron chi connectivity index (χ2n) is 3.59. The van der Waals surface area contributed by atoms with Gasteiger partial charge in [0.05, 0.1) is 11.1 Å². The van der Waals surface area contributed by atoms with E-state index in [1.54, 1.807) is 0 Å². The molecule has 1 aromatic rings. The maximum absolute atomic E-state index is 11.9. The van der Waals surface area contributed by atoms with Gasteiger partial charge in [0.15, 0.2) is 5.78 Å². The zero-order chi connectivity index (χ0) is 13.3. The predicted octanol–water partition coefficient (Wildman–Crippen LogP) is 0.150. The van der Waals surface area contributed by atoms with Gasteiger partial charge >= 0.3 is 5.97 Å². The highest BCUT2D eigenvalue weighted by molar-refractivity contribution is 6.34. The van der Waals surface area contributed by atoms with Crippen molar-refractivity contribution in [3.8, 4) is 0 Å². The van der Waals surface area contributed by atoms with Gasteiger partial charge in [-0.3, -0.25) is 19.7 Å². The van der Waals surface area contributed by atoms with Crippen molar-refractivity contribution < 1.29 is 24.3 Å². The van der Waals surface area contributed by atoms with Crippen molar-refractivity contribution in [1.29, 1.82) is 0 Å². The van der Waals surface area contributed by atoms with Crippen LogP contribution in [0.25, 0.3) is 0 Å². The number of hydrogen-bond donors (Lipinski definition) is 2. The SMILES string of the molecule is O=C1C=C(C(=O)c2cccc(C(=O)O)c2)C(=O)N1. The van der Waals surface area contributed by atoms with E-state index in [0.29, 0.717) is 0 Å². The van der Waals surface area contributed by atoms with Gasteiger partial charge in [0, 0.05) is 11.6 Å². The third kappa shape index (κ3) is 2.03. The first-order chi connectivity index (χ1) is 8.49. The topological polar surface area (TPSA) is 101 Å². The lowest BCUT2D eigenvalue weighted by atomic mass is 10.0. The van der Waals surface area contributed by atoms with Crippen LogP contribution in [0.1, 0.15) is 20.7 Å². The summed E-state index contributed by atoms with van der Waals surface area (Å²) in [5, 5.41) is 10.7. The molecule has 0 saturated carbocycles. The quantitative estimate of drug-likeness (QED) is 0.448. The minimum Gasteiger partial charge on any atom is -0.478 e. The molecule has 2 rings (SSSR count). The van der Waals surface area contributed by atoms with Gasteiger partial charge in [-0.25, -0.2) is 4.79 Å². The Morgan fingerprint density at radius 3 is 2.33 bits per heavy atom. The molecule has 6 nitrogen and oxygen atoms in total. The highest BCUT2D eigenvalue weighted by Crippen LogP contribution is 2.13. The molecule has 1 heterocycles. The van der Waals surface area contributed by atoms with E-state index in [9.17, 15) is 19.2 Å². The van der Waals surface area contributed by atoms with Crippen molar-refractivity contribution in [2.24, 2.45) is 0 Å². The first kappa shape index (κ1) is 11.7. The predicted molar refractivity (Wildman–Crippen MR) is 59.0 cm³/mol. The highest BCUT2D eigenvalue weighted by Gasteiger charge is 2.27. The van der Waals surface area contributed by atoms with E-state index in [2.05, 4.69) is 0 Å². The average molecular weight is 245 g/mol. The molecule has 18 heavy (non-hydrogen) atoms. The monoisotopic (exact) mass is 245 g/mol. The lowest BCUT2D eigenvalue weighted by Gasteiger charge is -2.01. The van der Waals surface area contributed by atoms with Crippen LogP contribution in [0.3, 0.4) is 0 Å². The smallest absolute Gasteiger partial charge is 0.335 e. The largest absolute Gasteiger partial charge is 0.478 e. The fourth-order valence-corrected chi connectivity index (χ4v) is 1.53. The van der Waals surface area contributed by atoms with E-state index in [1.165, 1.54) is 18.2 Å². The molecule has 0 aromatic heterocycles. The van der Waals surface area contributed by atoms with E-state index >= 15 is 0 Å². The van der Waals surface area contributed by atoms with Crippen LogP contribution in [0.4, 0.5) is 0 Å². The van der Waals surface area contributed by atoms with E-state index in [1.807, 2.05) is 5.32 Å². The van der Waals surface area contributed by atoms with Crippen LogP contribution in [-0.4, -0.2) is 28.7 Å². The van der Waals surface area contributed by atoms with Crippen molar-refractivity contribution in [3.63, 3.8) is 0 Å². The summed E-state index contributed by atoms with van der Waals surface area (Å²) < 4.78 is 0. The van der Waals surface area contributed by atoms with E-state index in [0.717, 1.165) is 12.1 Å². The van der Waals surface area contributed by atoms with Gasteiger partial charge in [0.1, 0.15) is 0 Å². The van der Waals surface area contributed by atoms with Crippen molar-refractivity contribution in [3.05, 3.63) is 47.0 Å². The molecule has 0 saturated heterocycles. The number of ketones is 1. The number of nitrogens with one attached hydrogen (secondary N) is 1. The zero-order valence-electron chi connectivity index (χ0n) is 8.97. The minimum absolute atomic E-state index is 0.0472. The molecule has 0 unspecified atom stereocenters. The third-order valence-corrected chi connectivity index (χ3v) is 2.37. The van der Waals surface area contributed by atoms with Gasteiger partial charge in [-0.1, -0.05) is 12.1 Å². The number of benzene rings is 1. The van der Waals surface area contributed by atoms with Crippen LogP contribution in [0.15, 0.2) is 35.9 Å².